The third kappa shape index (κ3) is 5.58. The lowest BCUT2D eigenvalue weighted by molar-refractivity contribution is 0.418. The third-order valence-corrected chi connectivity index (χ3v) is 13.7. The number of hydrogen-bond acceptors (Lipinski definition) is 3. The van der Waals surface area contributed by atoms with E-state index in [1.165, 1.54) is 108 Å². The average Bonchev–Trinajstić information content (AvgIpc) is 3.81. The summed E-state index contributed by atoms with van der Waals surface area (Å²) < 4.78 is 5.08. The lowest BCUT2D eigenvalue weighted by atomic mass is 9.88. The van der Waals surface area contributed by atoms with Crippen molar-refractivity contribution < 1.29 is 0 Å². The topological polar surface area (TPSA) is 46.3 Å². The van der Waals surface area contributed by atoms with Gasteiger partial charge < -0.3 is 9.88 Å². The van der Waals surface area contributed by atoms with Crippen molar-refractivity contribution in [3.8, 4) is 5.69 Å². The molecule has 0 bridgehead atoms. The Morgan fingerprint density at radius 3 is 2.36 bits per heavy atom. The van der Waals surface area contributed by atoms with Crippen LogP contribution in [0.1, 0.15) is 96.7 Å². The van der Waals surface area contributed by atoms with E-state index >= 15 is 0 Å². The molecule has 0 saturated heterocycles. The highest BCUT2D eigenvalue weighted by Gasteiger charge is 2.31. The van der Waals surface area contributed by atoms with E-state index in [2.05, 4.69) is 147 Å². The van der Waals surface area contributed by atoms with Gasteiger partial charge in [-0.3, -0.25) is 9.88 Å². The maximum atomic E-state index is 5.58. The molecule has 0 spiro atoms. The predicted octanol–water partition coefficient (Wildman–Crippen LogP) is 11.9. The van der Waals surface area contributed by atoms with Gasteiger partial charge in [-0.05, 0) is 157 Å². The smallest absolute Gasteiger partial charge is 0.206 e. The largest absolute Gasteiger partial charge is 0.336 e. The molecule has 2 atom stereocenters. The Labute approximate surface area is 340 Å². The van der Waals surface area contributed by atoms with E-state index in [1.807, 2.05) is 0 Å². The number of aromatic nitrogens is 2. The number of rotatable bonds is 4. The Hall–Kier alpha value is -5.91. The zero-order valence-electron chi connectivity index (χ0n) is 33.1. The molecule has 2 aromatic heterocycles. The van der Waals surface area contributed by atoms with E-state index in [4.69, 9.17) is 4.99 Å². The van der Waals surface area contributed by atoms with Crippen molar-refractivity contribution in [3.63, 3.8) is 0 Å². The monoisotopic (exact) mass is 755 g/mol. The quantitative estimate of drug-likeness (QED) is 0.188. The van der Waals surface area contributed by atoms with Crippen molar-refractivity contribution >= 4 is 50.7 Å². The summed E-state index contributed by atoms with van der Waals surface area (Å²) in [6.45, 7) is 0. The van der Waals surface area contributed by atoms with Crippen LogP contribution in [0.2, 0.25) is 0 Å². The standard InChI is InChI=1S/C53H49N5/c1-3-13-34(14-4-1)35-23-25-38(26-24-35)52-54-51(37-16-5-2-6-17-37)55-53(56-52)58-46-21-11-9-19-43(46)45-32-39-27-29-41(31-40(39)33-49(45)58)57-47-22-12-10-20-44(47)50-42-18-8-7-15-36(42)28-30-48(50)57/h1-3,5-6,8-9,13,16-19,23,25,27-33,51-52,54H,4,7,10-12,14-15,20-22,24,26H2,(H,55,56). The van der Waals surface area contributed by atoms with Gasteiger partial charge in [0.25, 0.3) is 0 Å². The molecule has 12 rings (SSSR count). The number of aryl methyl sites for hydroxylation is 2. The summed E-state index contributed by atoms with van der Waals surface area (Å²) in [6, 6.07) is 27.7. The fraction of sp³-hybridized carbons (Fsp3) is 0.264. The van der Waals surface area contributed by atoms with Crippen LogP contribution in [0.25, 0.3) is 50.4 Å². The SMILES string of the molecule is C1=CCCC(C2=CC=C(C3N=C(n4c5c(c6cc7ccc(-n8c9c(c%10c%11c(ccc%108)CCC=C%11)CCCC9)cc7cc64)C=CCC5)NC(c4ccccc4)N3)CC2)=C1. The molecule has 2 N–H and O–H groups in total. The molecule has 58 heavy (non-hydrogen) atoms. The molecule has 5 nitrogen and oxygen atoms in total. The molecule has 4 aromatic carbocycles. The average molecular weight is 756 g/mol. The number of allylic oxidation sites excluding steroid dienone is 9. The van der Waals surface area contributed by atoms with Crippen molar-refractivity contribution in [3.05, 3.63) is 171 Å². The summed E-state index contributed by atoms with van der Waals surface area (Å²) in [4.78, 5) is 5.58. The molecular formula is C53H49N5. The third-order valence-electron chi connectivity index (χ3n) is 13.7. The van der Waals surface area contributed by atoms with Crippen molar-refractivity contribution in [1.82, 2.24) is 19.8 Å². The Morgan fingerprint density at radius 2 is 1.48 bits per heavy atom. The second-order valence-corrected chi connectivity index (χ2v) is 17.1. The summed E-state index contributed by atoms with van der Waals surface area (Å²) in [5, 5.41) is 13.2. The highest BCUT2D eigenvalue weighted by Crippen LogP contribution is 2.41. The molecule has 5 aliphatic carbocycles. The minimum atomic E-state index is -0.132. The highest BCUT2D eigenvalue weighted by molar-refractivity contribution is 6.07. The van der Waals surface area contributed by atoms with Crippen LogP contribution in [0.3, 0.4) is 0 Å². The van der Waals surface area contributed by atoms with Gasteiger partial charge in [0.05, 0.1) is 11.0 Å². The van der Waals surface area contributed by atoms with Crippen LogP contribution in [-0.4, -0.2) is 21.3 Å². The summed E-state index contributed by atoms with van der Waals surface area (Å²) in [5.41, 5.74) is 18.1. The van der Waals surface area contributed by atoms with Crippen LogP contribution in [0, 0.1) is 0 Å². The molecule has 2 unspecified atom stereocenters. The van der Waals surface area contributed by atoms with Gasteiger partial charge in [0, 0.05) is 33.4 Å². The molecule has 286 valence electrons. The molecule has 0 saturated carbocycles. The van der Waals surface area contributed by atoms with Gasteiger partial charge in [0.15, 0.2) is 0 Å². The molecule has 0 fully saturated rings. The van der Waals surface area contributed by atoms with Gasteiger partial charge in [-0.2, -0.15) is 0 Å². The second-order valence-electron chi connectivity index (χ2n) is 17.1. The number of nitrogens with one attached hydrogen (secondary N) is 2. The molecule has 0 amide bonds. The normalized spacial score (nSPS) is 21.2. The molecule has 3 heterocycles. The van der Waals surface area contributed by atoms with Gasteiger partial charge in [-0.15, -0.1) is 0 Å². The van der Waals surface area contributed by atoms with E-state index in [1.54, 1.807) is 5.56 Å². The lowest BCUT2D eigenvalue weighted by Gasteiger charge is -2.34. The van der Waals surface area contributed by atoms with Crippen molar-refractivity contribution in [2.75, 3.05) is 0 Å². The van der Waals surface area contributed by atoms with Crippen LogP contribution in [0.4, 0.5) is 0 Å². The first-order chi connectivity index (χ1) is 28.7. The number of nitrogens with zero attached hydrogens (tertiary/aromatic N) is 3. The number of benzene rings is 4. The maximum absolute atomic E-state index is 5.58. The van der Waals surface area contributed by atoms with E-state index in [0.29, 0.717) is 0 Å². The van der Waals surface area contributed by atoms with Gasteiger partial charge in [-0.25, -0.2) is 4.99 Å². The maximum Gasteiger partial charge on any atom is 0.206 e. The zero-order valence-corrected chi connectivity index (χ0v) is 33.1. The van der Waals surface area contributed by atoms with E-state index in [0.717, 1.165) is 63.7 Å². The fourth-order valence-electron chi connectivity index (χ4n) is 10.9. The van der Waals surface area contributed by atoms with Crippen LogP contribution >= 0.6 is 0 Å². The van der Waals surface area contributed by atoms with Crippen LogP contribution in [0.15, 0.2) is 137 Å². The molecule has 6 aliphatic rings. The van der Waals surface area contributed by atoms with Crippen molar-refractivity contribution in [2.24, 2.45) is 4.99 Å². The summed E-state index contributed by atoms with van der Waals surface area (Å²) in [6.07, 6.45) is 34.2. The summed E-state index contributed by atoms with van der Waals surface area (Å²) in [5.74, 6) is 0.925. The van der Waals surface area contributed by atoms with E-state index in [9.17, 15) is 0 Å². The minimum Gasteiger partial charge on any atom is -0.336 e. The highest BCUT2D eigenvalue weighted by atomic mass is 15.4. The lowest BCUT2D eigenvalue weighted by Crippen LogP contribution is -2.51. The van der Waals surface area contributed by atoms with Crippen molar-refractivity contribution in [1.29, 1.82) is 0 Å². The first kappa shape index (κ1) is 34.2. The zero-order chi connectivity index (χ0) is 38.2. The molecule has 6 aromatic rings. The Bertz CT molecular complexity index is 2900. The first-order valence-corrected chi connectivity index (χ1v) is 21.8. The summed E-state index contributed by atoms with van der Waals surface area (Å²) >= 11 is 0. The fourth-order valence-corrected chi connectivity index (χ4v) is 10.9. The summed E-state index contributed by atoms with van der Waals surface area (Å²) in [7, 11) is 0. The van der Waals surface area contributed by atoms with Crippen LogP contribution < -0.4 is 10.6 Å². The van der Waals surface area contributed by atoms with Crippen LogP contribution in [0.5, 0.6) is 0 Å². The Morgan fingerprint density at radius 1 is 0.621 bits per heavy atom. The van der Waals surface area contributed by atoms with Crippen molar-refractivity contribution in [2.45, 2.75) is 89.4 Å². The number of fused-ring (bicyclic) bond motifs is 9. The van der Waals surface area contributed by atoms with Gasteiger partial charge >= 0.3 is 0 Å². The van der Waals surface area contributed by atoms with E-state index in [-0.39, 0.29) is 12.3 Å². The van der Waals surface area contributed by atoms with Gasteiger partial charge in [0.1, 0.15) is 12.3 Å². The Kier molecular flexibility index (Phi) is 8.18. The molecular weight excluding hydrogens is 707 g/mol. The minimum absolute atomic E-state index is 0.0794. The Balaban J connectivity index is 1.01. The predicted molar refractivity (Wildman–Crippen MR) is 242 cm³/mol. The van der Waals surface area contributed by atoms with E-state index < -0.39 is 0 Å². The molecule has 1 aliphatic heterocycles. The number of hydrogen-bond donors (Lipinski definition) is 2. The molecule has 0 radical (unpaired) electrons. The number of aliphatic imine (C=N–C) groups is 1. The van der Waals surface area contributed by atoms with Gasteiger partial charge in [-0.1, -0.05) is 97.1 Å². The molecule has 5 heteroatoms. The van der Waals surface area contributed by atoms with Gasteiger partial charge in [0.2, 0.25) is 5.96 Å². The second kappa shape index (κ2) is 13.9. The van der Waals surface area contributed by atoms with Crippen LogP contribution in [-0.2, 0) is 25.7 Å². The first-order valence-electron chi connectivity index (χ1n) is 21.8.